The molecule has 0 unspecified atom stereocenters. The minimum Gasteiger partial charge on any atom is -0.273 e. The zero-order chi connectivity index (χ0) is 19.9. The average Bonchev–Trinajstić information content (AvgIpc) is 2.71. The van der Waals surface area contributed by atoms with Crippen molar-refractivity contribution in [2.24, 2.45) is 0 Å². The smallest absolute Gasteiger partial charge is 0.269 e. The summed E-state index contributed by atoms with van der Waals surface area (Å²) in [5.74, 6) is -0.849. The van der Waals surface area contributed by atoms with Gasteiger partial charge in [0.25, 0.3) is 11.6 Å². The molecule has 0 aliphatic heterocycles. The van der Waals surface area contributed by atoms with E-state index in [1.54, 1.807) is 0 Å². The van der Waals surface area contributed by atoms with E-state index in [0.29, 0.717) is 5.56 Å². The van der Waals surface area contributed by atoms with Gasteiger partial charge in [0.15, 0.2) is 0 Å². The second-order valence-corrected chi connectivity index (χ2v) is 6.03. The van der Waals surface area contributed by atoms with Crippen LogP contribution in [-0.2, 0) is 16.0 Å². The largest absolute Gasteiger partial charge is 0.273 e. The SMILES string of the molecule is O=C(/C=C/c1ccc([N+](=O)[O-])cc1)NNC(=O)Cc1cccc2ccccc12. The van der Waals surface area contributed by atoms with Crippen molar-refractivity contribution in [3.63, 3.8) is 0 Å². The molecule has 3 aromatic carbocycles. The molecule has 7 heteroatoms. The molecule has 0 bridgehead atoms. The van der Waals surface area contributed by atoms with Crippen LogP contribution in [-0.4, -0.2) is 16.7 Å². The topological polar surface area (TPSA) is 101 Å². The Morgan fingerprint density at radius 2 is 1.64 bits per heavy atom. The highest BCUT2D eigenvalue weighted by molar-refractivity contribution is 5.94. The van der Waals surface area contributed by atoms with Crippen LogP contribution < -0.4 is 10.9 Å². The Balaban J connectivity index is 1.54. The number of carbonyl (C=O) groups is 2. The van der Waals surface area contributed by atoms with Crippen molar-refractivity contribution < 1.29 is 14.5 Å². The lowest BCUT2D eigenvalue weighted by Crippen LogP contribution is -2.41. The number of nitro benzene ring substituents is 1. The number of carbonyl (C=O) groups excluding carboxylic acids is 2. The van der Waals surface area contributed by atoms with E-state index >= 15 is 0 Å². The maximum Gasteiger partial charge on any atom is 0.269 e. The van der Waals surface area contributed by atoms with Gasteiger partial charge in [-0.15, -0.1) is 0 Å². The Hall–Kier alpha value is -4.00. The maximum atomic E-state index is 12.1. The van der Waals surface area contributed by atoms with Gasteiger partial charge in [0.1, 0.15) is 0 Å². The number of amides is 2. The zero-order valence-electron chi connectivity index (χ0n) is 14.8. The number of nitrogens with zero attached hydrogens (tertiary/aromatic N) is 1. The average molecular weight is 375 g/mol. The molecule has 7 nitrogen and oxygen atoms in total. The monoisotopic (exact) mass is 375 g/mol. The van der Waals surface area contributed by atoms with Crippen LogP contribution in [0.5, 0.6) is 0 Å². The third kappa shape index (κ3) is 4.79. The van der Waals surface area contributed by atoms with E-state index in [2.05, 4.69) is 10.9 Å². The summed E-state index contributed by atoms with van der Waals surface area (Å²) in [6.07, 6.45) is 2.86. The molecule has 0 radical (unpaired) electrons. The van der Waals surface area contributed by atoms with E-state index in [4.69, 9.17) is 0 Å². The van der Waals surface area contributed by atoms with E-state index in [-0.39, 0.29) is 18.0 Å². The van der Waals surface area contributed by atoms with E-state index < -0.39 is 10.8 Å². The van der Waals surface area contributed by atoms with Crippen molar-refractivity contribution in [1.29, 1.82) is 0 Å². The van der Waals surface area contributed by atoms with Gasteiger partial charge < -0.3 is 0 Å². The summed E-state index contributed by atoms with van der Waals surface area (Å²) in [6, 6.07) is 19.3. The van der Waals surface area contributed by atoms with Gasteiger partial charge >= 0.3 is 0 Å². The van der Waals surface area contributed by atoms with Crippen molar-refractivity contribution in [2.45, 2.75) is 6.42 Å². The molecular formula is C21H17N3O4. The summed E-state index contributed by atoms with van der Waals surface area (Å²) < 4.78 is 0. The number of nitro groups is 1. The van der Waals surface area contributed by atoms with Crippen LogP contribution in [0.3, 0.4) is 0 Å². The highest BCUT2D eigenvalue weighted by atomic mass is 16.6. The summed E-state index contributed by atoms with van der Waals surface area (Å²) in [5, 5.41) is 12.6. The summed E-state index contributed by atoms with van der Waals surface area (Å²) in [6.45, 7) is 0. The lowest BCUT2D eigenvalue weighted by molar-refractivity contribution is -0.384. The molecule has 0 saturated heterocycles. The second kappa shape index (κ2) is 8.59. The molecule has 3 rings (SSSR count). The Morgan fingerprint density at radius 1 is 0.929 bits per heavy atom. The molecule has 140 valence electrons. The molecule has 0 aromatic heterocycles. The van der Waals surface area contributed by atoms with Gasteiger partial charge in [0.2, 0.25) is 5.91 Å². The molecule has 2 N–H and O–H groups in total. The van der Waals surface area contributed by atoms with Gasteiger partial charge in [-0.1, -0.05) is 42.5 Å². The first-order chi connectivity index (χ1) is 13.5. The lowest BCUT2D eigenvalue weighted by atomic mass is 10.0. The van der Waals surface area contributed by atoms with Gasteiger partial charge in [-0.2, -0.15) is 0 Å². The lowest BCUT2D eigenvalue weighted by Gasteiger charge is -2.08. The zero-order valence-corrected chi connectivity index (χ0v) is 14.8. The number of rotatable bonds is 5. The van der Waals surface area contributed by atoms with Gasteiger partial charge in [-0.05, 0) is 40.1 Å². The fourth-order valence-corrected chi connectivity index (χ4v) is 2.72. The molecule has 2 amide bonds. The molecule has 0 aliphatic rings. The minimum atomic E-state index is -0.510. The van der Waals surface area contributed by atoms with E-state index in [1.165, 1.54) is 36.4 Å². The number of nitrogens with one attached hydrogen (secondary N) is 2. The molecule has 0 saturated carbocycles. The predicted molar refractivity (Wildman–Crippen MR) is 106 cm³/mol. The predicted octanol–water partition coefficient (Wildman–Crippen LogP) is 3.15. The normalized spacial score (nSPS) is 10.7. The van der Waals surface area contributed by atoms with Gasteiger partial charge in [-0.3, -0.25) is 30.6 Å². The van der Waals surface area contributed by atoms with E-state index in [1.807, 2.05) is 42.5 Å². The molecule has 28 heavy (non-hydrogen) atoms. The van der Waals surface area contributed by atoms with Crippen molar-refractivity contribution in [2.75, 3.05) is 0 Å². The fraction of sp³-hybridized carbons (Fsp3) is 0.0476. The van der Waals surface area contributed by atoms with Gasteiger partial charge in [0, 0.05) is 18.2 Å². The number of non-ortho nitro benzene ring substituents is 1. The maximum absolute atomic E-state index is 12.1. The Kier molecular flexibility index (Phi) is 5.76. The number of benzene rings is 3. The minimum absolute atomic E-state index is 0.0256. The molecule has 0 atom stereocenters. The number of fused-ring (bicyclic) bond motifs is 1. The van der Waals surface area contributed by atoms with Crippen molar-refractivity contribution >= 4 is 34.4 Å². The first-order valence-electron chi connectivity index (χ1n) is 8.51. The third-order valence-corrected chi connectivity index (χ3v) is 4.09. The fourth-order valence-electron chi connectivity index (χ4n) is 2.72. The molecule has 0 spiro atoms. The quantitative estimate of drug-likeness (QED) is 0.406. The third-order valence-electron chi connectivity index (χ3n) is 4.09. The summed E-state index contributed by atoms with van der Waals surface area (Å²) in [5.41, 5.74) is 6.16. The molecular weight excluding hydrogens is 358 g/mol. The van der Waals surface area contributed by atoms with Gasteiger partial charge in [0.05, 0.1) is 11.3 Å². The van der Waals surface area contributed by atoms with Crippen molar-refractivity contribution in [1.82, 2.24) is 10.9 Å². The van der Waals surface area contributed by atoms with E-state index in [9.17, 15) is 19.7 Å². The second-order valence-electron chi connectivity index (χ2n) is 6.03. The van der Waals surface area contributed by atoms with Crippen molar-refractivity contribution in [3.05, 3.63) is 94.0 Å². The molecule has 3 aromatic rings. The molecule has 0 fully saturated rings. The molecule has 0 aliphatic carbocycles. The van der Waals surface area contributed by atoms with Crippen LogP contribution in [0, 0.1) is 10.1 Å². The Bertz CT molecular complexity index is 1050. The van der Waals surface area contributed by atoms with Crippen LogP contribution in [0.1, 0.15) is 11.1 Å². The van der Waals surface area contributed by atoms with Crippen molar-refractivity contribution in [3.8, 4) is 0 Å². The highest BCUT2D eigenvalue weighted by Gasteiger charge is 2.07. The standard InChI is InChI=1S/C21H17N3O4/c25-20(13-10-15-8-11-18(12-9-15)24(27)28)22-23-21(26)14-17-6-3-5-16-4-1-2-7-19(16)17/h1-13H,14H2,(H,22,25)(H,23,26)/b13-10+. The summed E-state index contributed by atoms with van der Waals surface area (Å²) in [7, 11) is 0. The van der Waals surface area contributed by atoms with E-state index in [0.717, 1.165) is 16.3 Å². The Morgan fingerprint density at radius 3 is 2.39 bits per heavy atom. The first-order valence-corrected chi connectivity index (χ1v) is 8.51. The number of hydrazine groups is 1. The van der Waals surface area contributed by atoms with Gasteiger partial charge in [-0.25, -0.2) is 0 Å². The summed E-state index contributed by atoms with van der Waals surface area (Å²) in [4.78, 5) is 34.1. The van der Waals surface area contributed by atoms with Crippen LogP contribution in [0.2, 0.25) is 0 Å². The van der Waals surface area contributed by atoms with Crippen LogP contribution >= 0.6 is 0 Å². The number of hydrogen-bond donors (Lipinski definition) is 2. The molecule has 0 heterocycles. The van der Waals surface area contributed by atoms with Crippen LogP contribution in [0.15, 0.2) is 72.8 Å². The van der Waals surface area contributed by atoms with Crippen LogP contribution in [0.4, 0.5) is 5.69 Å². The Labute approximate surface area is 160 Å². The number of hydrogen-bond acceptors (Lipinski definition) is 4. The van der Waals surface area contributed by atoms with Crippen LogP contribution in [0.25, 0.3) is 16.8 Å². The highest BCUT2D eigenvalue weighted by Crippen LogP contribution is 2.18. The summed E-state index contributed by atoms with van der Waals surface area (Å²) >= 11 is 0. The first kappa shape index (κ1) is 18.8.